The molecule has 0 bridgehead atoms. The van der Waals surface area contributed by atoms with Gasteiger partial charge in [-0.2, -0.15) is 0 Å². The number of rotatable bonds is 7. The van der Waals surface area contributed by atoms with Crippen molar-refractivity contribution in [1.82, 2.24) is 10.3 Å². The molecule has 0 aliphatic heterocycles. The van der Waals surface area contributed by atoms with Crippen molar-refractivity contribution in [3.63, 3.8) is 0 Å². The highest BCUT2D eigenvalue weighted by Gasteiger charge is 2.16. The maximum absolute atomic E-state index is 5.85. The molecule has 0 atom stereocenters. The van der Waals surface area contributed by atoms with Crippen molar-refractivity contribution in [2.75, 3.05) is 20.8 Å². The minimum atomic E-state index is -0.148. The summed E-state index contributed by atoms with van der Waals surface area (Å²) in [6.07, 6.45) is 2.71. The van der Waals surface area contributed by atoms with Crippen molar-refractivity contribution < 1.29 is 9.47 Å². The van der Waals surface area contributed by atoms with Gasteiger partial charge in [0.2, 0.25) is 0 Å². The highest BCUT2D eigenvalue weighted by atomic mass is 16.5. The maximum atomic E-state index is 5.85. The van der Waals surface area contributed by atoms with Crippen molar-refractivity contribution >= 4 is 0 Å². The van der Waals surface area contributed by atoms with Crippen LogP contribution >= 0.6 is 0 Å². The number of pyridine rings is 1. The number of hydrogen-bond acceptors (Lipinski definition) is 4. The van der Waals surface area contributed by atoms with Gasteiger partial charge in [-0.25, -0.2) is 0 Å². The van der Waals surface area contributed by atoms with Crippen LogP contribution in [0.15, 0.2) is 12.3 Å². The van der Waals surface area contributed by atoms with Crippen LogP contribution in [-0.2, 0) is 11.3 Å². The Balaban J connectivity index is 2.62. The van der Waals surface area contributed by atoms with Crippen LogP contribution in [0, 0.1) is 6.92 Å². The number of hydrogen-bond donors (Lipinski definition) is 1. The third kappa shape index (κ3) is 4.63. The Morgan fingerprint density at radius 3 is 2.72 bits per heavy atom. The van der Waals surface area contributed by atoms with E-state index in [0.717, 1.165) is 30.0 Å². The molecule has 4 nitrogen and oxygen atoms in total. The van der Waals surface area contributed by atoms with E-state index in [1.54, 1.807) is 7.11 Å². The molecule has 0 aromatic carbocycles. The SMILES string of the molecule is CNCc1cnc(C)cc1OCCC(C)(C)OC. The number of ether oxygens (including phenoxy) is 2. The second-order valence-corrected chi connectivity index (χ2v) is 5.03. The molecule has 0 radical (unpaired) electrons. The second kappa shape index (κ2) is 6.71. The maximum Gasteiger partial charge on any atom is 0.127 e. The summed E-state index contributed by atoms with van der Waals surface area (Å²) in [7, 11) is 3.64. The fraction of sp³-hybridized carbons (Fsp3) is 0.643. The third-order valence-electron chi connectivity index (χ3n) is 2.96. The zero-order valence-corrected chi connectivity index (χ0v) is 12.0. The van der Waals surface area contributed by atoms with Gasteiger partial charge in [0.1, 0.15) is 5.75 Å². The van der Waals surface area contributed by atoms with Crippen LogP contribution < -0.4 is 10.1 Å². The lowest BCUT2D eigenvalue weighted by Crippen LogP contribution is -2.25. The van der Waals surface area contributed by atoms with Gasteiger partial charge in [-0.05, 0) is 27.8 Å². The summed E-state index contributed by atoms with van der Waals surface area (Å²) in [5.41, 5.74) is 1.90. The number of aromatic nitrogens is 1. The third-order valence-corrected chi connectivity index (χ3v) is 2.96. The van der Waals surface area contributed by atoms with Gasteiger partial charge in [0, 0.05) is 43.6 Å². The molecule has 1 rings (SSSR count). The summed E-state index contributed by atoms with van der Waals surface area (Å²) in [5, 5.41) is 3.12. The van der Waals surface area contributed by atoms with Gasteiger partial charge >= 0.3 is 0 Å². The summed E-state index contributed by atoms with van der Waals surface area (Å²) >= 11 is 0. The number of nitrogens with one attached hydrogen (secondary N) is 1. The number of nitrogens with zero attached hydrogens (tertiary/aromatic N) is 1. The smallest absolute Gasteiger partial charge is 0.127 e. The molecule has 1 N–H and O–H groups in total. The molecule has 0 saturated heterocycles. The number of methoxy groups -OCH3 is 1. The van der Waals surface area contributed by atoms with Gasteiger partial charge in [0.25, 0.3) is 0 Å². The van der Waals surface area contributed by atoms with E-state index >= 15 is 0 Å². The Bertz CT molecular complexity index is 378. The zero-order valence-electron chi connectivity index (χ0n) is 12.0. The lowest BCUT2D eigenvalue weighted by atomic mass is 10.1. The van der Waals surface area contributed by atoms with Crippen molar-refractivity contribution in [2.24, 2.45) is 0 Å². The largest absolute Gasteiger partial charge is 0.493 e. The Kier molecular flexibility index (Phi) is 5.56. The Morgan fingerprint density at radius 1 is 1.39 bits per heavy atom. The van der Waals surface area contributed by atoms with Crippen molar-refractivity contribution in [3.8, 4) is 5.75 Å². The van der Waals surface area contributed by atoms with Crippen LogP contribution in [0.1, 0.15) is 31.5 Å². The van der Waals surface area contributed by atoms with Crippen LogP contribution in [0.5, 0.6) is 5.75 Å². The Morgan fingerprint density at radius 2 is 2.11 bits per heavy atom. The van der Waals surface area contributed by atoms with E-state index < -0.39 is 0 Å². The monoisotopic (exact) mass is 252 g/mol. The van der Waals surface area contributed by atoms with Gasteiger partial charge in [0.05, 0.1) is 12.2 Å². The molecular weight excluding hydrogens is 228 g/mol. The van der Waals surface area contributed by atoms with Crippen LogP contribution in [0.3, 0.4) is 0 Å². The van der Waals surface area contributed by atoms with Crippen molar-refractivity contribution in [1.29, 1.82) is 0 Å². The molecule has 102 valence electrons. The molecule has 1 aromatic rings. The summed E-state index contributed by atoms with van der Waals surface area (Å²) < 4.78 is 11.2. The Hall–Kier alpha value is -1.13. The van der Waals surface area contributed by atoms with E-state index in [1.807, 2.05) is 26.2 Å². The number of aryl methyl sites for hydroxylation is 1. The van der Waals surface area contributed by atoms with E-state index in [-0.39, 0.29) is 5.60 Å². The molecule has 1 heterocycles. The Labute approximate surface area is 110 Å². The molecule has 0 aliphatic carbocycles. The summed E-state index contributed by atoms with van der Waals surface area (Å²) in [6.45, 7) is 7.48. The van der Waals surface area contributed by atoms with Crippen LogP contribution in [-0.4, -0.2) is 31.3 Å². The highest BCUT2D eigenvalue weighted by molar-refractivity contribution is 5.32. The summed E-state index contributed by atoms with van der Waals surface area (Å²) in [4.78, 5) is 4.29. The molecule has 0 spiro atoms. The van der Waals surface area contributed by atoms with E-state index in [2.05, 4.69) is 24.1 Å². The van der Waals surface area contributed by atoms with Crippen molar-refractivity contribution in [3.05, 3.63) is 23.5 Å². The molecule has 0 amide bonds. The topological polar surface area (TPSA) is 43.4 Å². The highest BCUT2D eigenvalue weighted by Crippen LogP contribution is 2.20. The predicted molar refractivity (Wildman–Crippen MR) is 72.9 cm³/mol. The molecule has 0 saturated carbocycles. The molecule has 0 fully saturated rings. The van der Waals surface area contributed by atoms with Crippen molar-refractivity contribution in [2.45, 2.75) is 39.3 Å². The van der Waals surface area contributed by atoms with Crippen LogP contribution in [0.25, 0.3) is 0 Å². The fourth-order valence-corrected chi connectivity index (χ4v) is 1.53. The lowest BCUT2D eigenvalue weighted by molar-refractivity contribution is 0.00536. The van der Waals surface area contributed by atoms with Gasteiger partial charge < -0.3 is 14.8 Å². The average Bonchev–Trinajstić information content (AvgIpc) is 2.32. The first-order chi connectivity index (χ1) is 8.48. The molecule has 18 heavy (non-hydrogen) atoms. The second-order valence-electron chi connectivity index (χ2n) is 5.03. The lowest BCUT2D eigenvalue weighted by Gasteiger charge is -2.23. The van der Waals surface area contributed by atoms with E-state index in [4.69, 9.17) is 9.47 Å². The van der Waals surface area contributed by atoms with Crippen LogP contribution in [0.4, 0.5) is 0 Å². The molecule has 4 heteroatoms. The first kappa shape index (κ1) is 14.9. The van der Waals surface area contributed by atoms with Gasteiger partial charge in [-0.15, -0.1) is 0 Å². The van der Waals surface area contributed by atoms with Gasteiger partial charge in [0.15, 0.2) is 0 Å². The molecule has 1 aromatic heterocycles. The van der Waals surface area contributed by atoms with Gasteiger partial charge in [-0.3, -0.25) is 4.98 Å². The van der Waals surface area contributed by atoms with E-state index in [1.165, 1.54) is 0 Å². The van der Waals surface area contributed by atoms with E-state index in [0.29, 0.717) is 6.61 Å². The standard InChI is InChI=1S/C14H24N2O2/c1-11-8-13(12(9-15-4)10-16-11)18-7-6-14(2,3)17-5/h8,10,15H,6-7,9H2,1-5H3. The first-order valence-corrected chi connectivity index (χ1v) is 6.26. The normalized spacial score (nSPS) is 11.6. The molecular formula is C14H24N2O2. The first-order valence-electron chi connectivity index (χ1n) is 6.26. The van der Waals surface area contributed by atoms with Gasteiger partial charge in [-0.1, -0.05) is 0 Å². The molecule has 0 unspecified atom stereocenters. The summed E-state index contributed by atoms with van der Waals surface area (Å²) in [5.74, 6) is 0.906. The summed E-state index contributed by atoms with van der Waals surface area (Å²) in [6, 6.07) is 1.98. The van der Waals surface area contributed by atoms with E-state index in [9.17, 15) is 0 Å². The molecule has 0 aliphatic rings. The van der Waals surface area contributed by atoms with Crippen LogP contribution in [0.2, 0.25) is 0 Å². The predicted octanol–water partition coefficient (Wildman–Crippen LogP) is 2.30. The average molecular weight is 252 g/mol. The minimum Gasteiger partial charge on any atom is -0.493 e. The minimum absolute atomic E-state index is 0.148. The zero-order chi connectivity index (χ0) is 13.6. The quantitative estimate of drug-likeness (QED) is 0.808. The fourth-order valence-electron chi connectivity index (χ4n) is 1.53.